The van der Waals surface area contributed by atoms with E-state index in [0.29, 0.717) is 11.2 Å². The Morgan fingerprint density at radius 3 is 2.86 bits per heavy atom. The van der Waals surface area contributed by atoms with Gasteiger partial charge in [0.2, 0.25) is 0 Å². The van der Waals surface area contributed by atoms with Gasteiger partial charge in [-0.3, -0.25) is 4.90 Å². The SMILES string of the molecule is Cc1ccccc1C1CN(Cc2cnc(N)s2)C(C)CO1.Cl. The van der Waals surface area contributed by atoms with Crippen LogP contribution in [-0.2, 0) is 11.3 Å². The molecule has 3 rings (SSSR count). The van der Waals surface area contributed by atoms with Gasteiger partial charge in [-0.25, -0.2) is 4.98 Å². The number of anilines is 1. The van der Waals surface area contributed by atoms with Crippen LogP contribution in [0.2, 0.25) is 0 Å². The van der Waals surface area contributed by atoms with Crippen LogP contribution in [0.3, 0.4) is 0 Å². The summed E-state index contributed by atoms with van der Waals surface area (Å²) >= 11 is 1.57. The zero-order valence-electron chi connectivity index (χ0n) is 12.9. The van der Waals surface area contributed by atoms with E-state index in [1.54, 1.807) is 11.3 Å². The van der Waals surface area contributed by atoms with Crippen molar-refractivity contribution >= 4 is 28.9 Å². The summed E-state index contributed by atoms with van der Waals surface area (Å²) in [5.41, 5.74) is 8.30. The molecule has 1 aromatic heterocycles. The third-order valence-electron chi connectivity index (χ3n) is 4.03. The zero-order chi connectivity index (χ0) is 14.8. The molecule has 120 valence electrons. The molecular weight excluding hydrogens is 318 g/mol. The Kier molecular flexibility index (Phi) is 5.81. The van der Waals surface area contributed by atoms with E-state index in [0.717, 1.165) is 19.7 Å². The number of hydrogen-bond acceptors (Lipinski definition) is 5. The Hall–Kier alpha value is -1.14. The number of aromatic nitrogens is 1. The first kappa shape index (κ1) is 17.2. The molecule has 2 aromatic rings. The van der Waals surface area contributed by atoms with Crippen molar-refractivity contribution in [2.75, 3.05) is 18.9 Å². The lowest BCUT2D eigenvalue weighted by atomic mass is 10.0. The number of nitrogen functional groups attached to an aromatic ring is 1. The molecule has 0 amide bonds. The van der Waals surface area contributed by atoms with Crippen molar-refractivity contribution in [3.05, 3.63) is 46.5 Å². The van der Waals surface area contributed by atoms with Crippen molar-refractivity contribution in [1.29, 1.82) is 0 Å². The molecule has 1 aromatic carbocycles. The maximum atomic E-state index is 6.05. The van der Waals surface area contributed by atoms with Crippen LogP contribution in [0.4, 0.5) is 5.13 Å². The number of nitrogens with zero attached hydrogens (tertiary/aromatic N) is 2. The van der Waals surface area contributed by atoms with Gasteiger partial charge in [0.05, 0.1) is 12.7 Å². The molecule has 22 heavy (non-hydrogen) atoms. The summed E-state index contributed by atoms with van der Waals surface area (Å²) in [6, 6.07) is 8.87. The van der Waals surface area contributed by atoms with Crippen LogP contribution in [-0.4, -0.2) is 29.1 Å². The zero-order valence-corrected chi connectivity index (χ0v) is 14.5. The average Bonchev–Trinajstić information content (AvgIpc) is 2.87. The minimum atomic E-state index is 0. The lowest BCUT2D eigenvalue weighted by Crippen LogP contribution is -2.44. The molecule has 2 heterocycles. The standard InChI is InChI=1S/C16H21N3OS.ClH/c1-11-5-3-4-6-14(11)15-9-19(12(2)10-20-15)8-13-7-18-16(17)21-13;/h3-7,12,15H,8-10H2,1-2H3,(H2,17,18);1H. The maximum absolute atomic E-state index is 6.05. The molecular formula is C16H22ClN3OS. The molecule has 1 fully saturated rings. The third-order valence-corrected chi connectivity index (χ3v) is 4.84. The lowest BCUT2D eigenvalue weighted by molar-refractivity contribution is -0.0632. The molecule has 0 spiro atoms. The first-order chi connectivity index (χ1) is 10.1. The highest BCUT2D eigenvalue weighted by atomic mass is 35.5. The molecule has 2 N–H and O–H groups in total. The van der Waals surface area contributed by atoms with Crippen molar-refractivity contribution < 1.29 is 4.74 Å². The summed E-state index contributed by atoms with van der Waals surface area (Å²) in [6.45, 7) is 6.91. The average molecular weight is 340 g/mol. The van der Waals surface area contributed by atoms with E-state index in [4.69, 9.17) is 10.5 Å². The first-order valence-corrected chi connectivity index (χ1v) is 8.06. The normalized spacial score (nSPS) is 22.3. The van der Waals surface area contributed by atoms with Gasteiger partial charge in [0, 0.05) is 30.2 Å². The molecule has 1 aliphatic heterocycles. The fraction of sp³-hybridized carbons (Fsp3) is 0.438. The second-order valence-electron chi connectivity index (χ2n) is 5.62. The van der Waals surface area contributed by atoms with Gasteiger partial charge >= 0.3 is 0 Å². The van der Waals surface area contributed by atoms with Crippen molar-refractivity contribution in [2.24, 2.45) is 0 Å². The van der Waals surface area contributed by atoms with Gasteiger partial charge in [-0.1, -0.05) is 24.3 Å². The van der Waals surface area contributed by atoms with Crippen molar-refractivity contribution in [2.45, 2.75) is 32.5 Å². The maximum Gasteiger partial charge on any atom is 0.180 e. The molecule has 4 nitrogen and oxygen atoms in total. The molecule has 0 radical (unpaired) electrons. The summed E-state index contributed by atoms with van der Waals surface area (Å²) in [5, 5.41) is 0.640. The quantitative estimate of drug-likeness (QED) is 0.931. The molecule has 0 aliphatic carbocycles. The van der Waals surface area contributed by atoms with Crippen LogP contribution >= 0.6 is 23.7 Å². The van der Waals surface area contributed by atoms with Gasteiger partial charge in [-0.05, 0) is 25.0 Å². The second-order valence-corrected chi connectivity index (χ2v) is 6.77. The minimum absolute atomic E-state index is 0. The minimum Gasteiger partial charge on any atom is -0.375 e. The van der Waals surface area contributed by atoms with Crippen LogP contribution in [0.5, 0.6) is 0 Å². The summed E-state index contributed by atoms with van der Waals surface area (Å²) in [6.07, 6.45) is 2.03. The Labute approximate surface area is 141 Å². The van der Waals surface area contributed by atoms with Crippen LogP contribution in [0, 0.1) is 6.92 Å². The highest BCUT2D eigenvalue weighted by Crippen LogP contribution is 2.29. The Bertz CT molecular complexity index is 619. The van der Waals surface area contributed by atoms with Gasteiger partial charge in [0.1, 0.15) is 0 Å². The highest BCUT2D eigenvalue weighted by Gasteiger charge is 2.28. The van der Waals surface area contributed by atoms with E-state index >= 15 is 0 Å². The molecule has 2 atom stereocenters. The van der Waals surface area contributed by atoms with Crippen molar-refractivity contribution in [3.8, 4) is 0 Å². The summed E-state index contributed by atoms with van der Waals surface area (Å²) in [7, 11) is 0. The highest BCUT2D eigenvalue weighted by molar-refractivity contribution is 7.15. The van der Waals surface area contributed by atoms with Gasteiger partial charge in [-0.2, -0.15) is 0 Å². The molecule has 0 bridgehead atoms. The van der Waals surface area contributed by atoms with E-state index in [9.17, 15) is 0 Å². The fourth-order valence-electron chi connectivity index (χ4n) is 2.76. The van der Waals surface area contributed by atoms with Gasteiger partial charge in [0.25, 0.3) is 0 Å². The number of aryl methyl sites for hydroxylation is 1. The van der Waals surface area contributed by atoms with Crippen LogP contribution in [0.1, 0.15) is 29.0 Å². The summed E-state index contributed by atoms with van der Waals surface area (Å²) in [5.74, 6) is 0. The fourth-order valence-corrected chi connectivity index (χ4v) is 3.47. The number of ether oxygens (including phenoxy) is 1. The van der Waals surface area contributed by atoms with Crippen molar-refractivity contribution in [1.82, 2.24) is 9.88 Å². The smallest absolute Gasteiger partial charge is 0.180 e. The number of morpholine rings is 1. The Balaban J connectivity index is 0.00000176. The van der Waals surface area contributed by atoms with Crippen LogP contribution in [0.25, 0.3) is 0 Å². The Morgan fingerprint density at radius 2 is 2.18 bits per heavy atom. The predicted octanol–water partition coefficient (Wildman–Crippen LogP) is 3.42. The number of nitrogens with two attached hydrogens (primary N) is 1. The number of benzene rings is 1. The Morgan fingerprint density at radius 1 is 1.41 bits per heavy atom. The van der Waals surface area contributed by atoms with E-state index in [1.165, 1.54) is 16.0 Å². The largest absolute Gasteiger partial charge is 0.375 e. The van der Waals surface area contributed by atoms with Crippen molar-refractivity contribution in [3.63, 3.8) is 0 Å². The van der Waals surface area contributed by atoms with E-state index in [2.05, 4.69) is 48.0 Å². The molecule has 1 aliphatic rings. The molecule has 6 heteroatoms. The van der Waals surface area contributed by atoms with Gasteiger partial charge in [0.15, 0.2) is 5.13 Å². The van der Waals surface area contributed by atoms with Crippen LogP contribution in [0.15, 0.2) is 30.5 Å². The number of rotatable bonds is 3. The molecule has 2 unspecified atom stereocenters. The summed E-state index contributed by atoms with van der Waals surface area (Å²) < 4.78 is 6.05. The first-order valence-electron chi connectivity index (χ1n) is 7.25. The van der Waals surface area contributed by atoms with E-state index in [-0.39, 0.29) is 18.5 Å². The van der Waals surface area contributed by atoms with E-state index < -0.39 is 0 Å². The predicted molar refractivity (Wildman–Crippen MR) is 93.5 cm³/mol. The van der Waals surface area contributed by atoms with E-state index in [1.807, 2.05) is 6.20 Å². The number of hydrogen-bond donors (Lipinski definition) is 1. The lowest BCUT2D eigenvalue weighted by Gasteiger charge is -2.38. The van der Waals surface area contributed by atoms with Gasteiger partial charge < -0.3 is 10.5 Å². The summed E-state index contributed by atoms with van der Waals surface area (Å²) in [4.78, 5) is 7.80. The number of halogens is 1. The monoisotopic (exact) mass is 339 g/mol. The van der Waals surface area contributed by atoms with Gasteiger partial charge in [-0.15, -0.1) is 23.7 Å². The third kappa shape index (κ3) is 3.79. The topological polar surface area (TPSA) is 51.4 Å². The van der Waals surface area contributed by atoms with Crippen LogP contribution < -0.4 is 5.73 Å². The number of thiazole rings is 1. The molecule has 0 saturated carbocycles. The second kappa shape index (κ2) is 7.42. The molecule has 1 saturated heterocycles.